The van der Waals surface area contributed by atoms with Crippen molar-refractivity contribution in [1.29, 1.82) is 5.26 Å². The highest BCUT2D eigenvalue weighted by molar-refractivity contribution is 6.02. The number of phenolic OH excluding ortho intramolecular Hbond substituents is 1. The Morgan fingerprint density at radius 1 is 1.52 bits per heavy atom. The highest BCUT2D eigenvalue weighted by Gasteiger charge is 2.35. The number of ketones is 1. The number of fused-ring (bicyclic) bond motifs is 1. The fraction of sp³-hybridized carbons (Fsp3) is 0.0714. The van der Waals surface area contributed by atoms with Gasteiger partial charge in [0.05, 0.1) is 18.4 Å². The predicted octanol–water partition coefficient (Wildman–Crippen LogP) is 1.17. The van der Waals surface area contributed by atoms with E-state index in [1.165, 1.54) is 30.7 Å². The van der Waals surface area contributed by atoms with Crippen LogP contribution in [0.3, 0.4) is 0 Å². The van der Waals surface area contributed by atoms with Crippen LogP contribution in [-0.2, 0) is 0 Å². The number of H-pyrrole nitrogens is 1. The molecule has 1 aromatic carbocycles. The number of carbonyl (C=O) groups excluding carboxylic acids is 1. The Balaban J connectivity index is 2.17. The lowest BCUT2D eigenvalue weighted by atomic mass is 9.85. The maximum Gasteiger partial charge on any atom is 0.205 e. The Bertz CT molecular complexity index is 787. The molecule has 1 aromatic heterocycles. The second-order valence-corrected chi connectivity index (χ2v) is 4.48. The van der Waals surface area contributed by atoms with Gasteiger partial charge in [-0.2, -0.15) is 5.26 Å². The van der Waals surface area contributed by atoms with Crippen LogP contribution in [0.4, 0.5) is 0 Å². The zero-order valence-electron chi connectivity index (χ0n) is 10.7. The van der Waals surface area contributed by atoms with Gasteiger partial charge in [0.25, 0.3) is 0 Å². The molecule has 1 unspecified atom stereocenters. The minimum atomic E-state index is -0.889. The summed E-state index contributed by atoms with van der Waals surface area (Å²) in [6.45, 7) is 0. The normalized spacial score (nSPS) is 16.8. The molecular formula is C14H10N4O3. The zero-order valence-corrected chi connectivity index (χ0v) is 10.7. The maximum atomic E-state index is 12.6. The van der Waals surface area contributed by atoms with Gasteiger partial charge in [0.15, 0.2) is 5.78 Å². The average molecular weight is 282 g/mol. The van der Waals surface area contributed by atoms with Crippen molar-refractivity contribution in [3.8, 4) is 17.6 Å². The van der Waals surface area contributed by atoms with Gasteiger partial charge in [0.1, 0.15) is 28.8 Å². The summed E-state index contributed by atoms with van der Waals surface area (Å²) in [6.07, 6.45) is 2.76. The maximum absolute atomic E-state index is 12.6. The number of imidazole rings is 1. The van der Waals surface area contributed by atoms with E-state index in [1.54, 1.807) is 0 Å². The lowest BCUT2D eigenvalue weighted by molar-refractivity contribution is 0.0964. The number of hydrogen-bond donors (Lipinski definition) is 3. The molecule has 7 nitrogen and oxygen atoms in total. The van der Waals surface area contributed by atoms with E-state index in [9.17, 15) is 15.2 Å². The molecular weight excluding hydrogens is 272 g/mol. The van der Waals surface area contributed by atoms with Crippen molar-refractivity contribution in [1.82, 2.24) is 9.97 Å². The van der Waals surface area contributed by atoms with Gasteiger partial charge in [-0.05, 0) is 6.07 Å². The number of nitriles is 1. The fourth-order valence-electron chi connectivity index (χ4n) is 2.26. The Morgan fingerprint density at radius 3 is 3.00 bits per heavy atom. The van der Waals surface area contributed by atoms with Crippen molar-refractivity contribution in [3.63, 3.8) is 0 Å². The molecule has 7 heteroatoms. The van der Waals surface area contributed by atoms with Crippen LogP contribution in [0.25, 0.3) is 0 Å². The van der Waals surface area contributed by atoms with E-state index in [4.69, 9.17) is 10.5 Å². The third-order valence-corrected chi connectivity index (χ3v) is 3.23. The number of rotatable bonds is 2. The second-order valence-electron chi connectivity index (χ2n) is 4.48. The van der Waals surface area contributed by atoms with Crippen molar-refractivity contribution in [2.45, 2.75) is 5.92 Å². The number of hydrogen-bond acceptors (Lipinski definition) is 6. The number of aromatic amines is 1. The number of Topliss-reactive ketones (excluding diaryl/α,β-unsaturated/α-hetero) is 1. The summed E-state index contributed by atoms with van der Waals surface area (Å²) in [4.78, 5) is 19.1. The molecule has 1 aliphatic heterocycles. The fourth-order valence-corrected chi connectivity index (χ4v) is 2.26. The van der Waals surface area contributed by atoms with E-state index < -0.39 is 5.92 Å². The molecule has 2 heterocycles. The molecule has 0 spiro atoms. The largest absolute Gasteiger partial charge is 0.508 e. The molecule has 0 bridgehead atoms. The van der Waals surface area contributed by atoms with Crippen molar-refractivity contribution < 1.29 is 14.6 Å². The minimum absolute atomic E-state index is 0.0188. The number of ether oxygens (including phenoxy) is 1. The number of phenols is 1. The number of benzene rings is 1. The minimum Gasteiger partial charge on any atom is -0.508 e. The van der Waals surface area contributed by atoms with Gasteiger partial charge in [-0.1, -0.05) is 6.07 Å². The van der Waals surface area contributed by atoms with Crippen LogP contribution in [0.15, 0.2) is 42.2 Å². The Kier molecular flexibility index (Phi) is 2.84. The Hall–Kier alpha value is -3.27. The molecule has 0 amide bonds. The summed E-state index contributed by atoms with van der Waals surface area (Å²) in [5.74, 6) is -1.14. The average Bonchev–Trinajstić information content (AvgIpc) is 2.99. The number of nitrogens with two attached hydrogens (primary N) is 1. The van der Waals surface area contributed by atoms with Gasteiger partial charge in [-0.25, -0.2) is 4.98 Å². The monoisotopic (exact) mass is 282 g/mol. The van der Waals surface area contributed by atoms with Crippen LogP contribution in [0.2, 0.25) is 0 Å². The molecule has 0 saturated heterocycles. The first-order valence-corrected chi connectivity index (χ1v) is 6.05. The molecule has 1 atom stereocenters. The number of aromatic hydroxyl groups is 1. The predicted molar refractivity (Wildman–Crippen MR) is 71.2 cm³/mol. The highest BCUT2D eigenvalue weighted by Crippen LogP contribution is 2.40. The number of aromatic nitrogens is 2. The molecule has 0 aliphatic carbocycles. The Labute approximate surface area is 119 Å². The molecule has 21 heavy (non-hydrogen) atoms. The van der Waals surface area contributed by atoms with E-state index in [-0.39, 0.29) is 34.4 Å². The van der Waals surface area contributed by atoms with Gasteiger partial charge >= 0.3 is 0 Å². The summed E-state index contributed by atoms with van der Waals surface area (Å²) in [6, 6.07) is 6.22. The van der Waals surface area contributed by atoms with Gasteiger partial charge in [-0.15, -0.1) is 0 Å². The first kappa shape index (κ1) is 12.7. The SMILES string of the molecule is N#CC1=C(N)Oc2cc(O)ccc2C1C(=O)c1cnc[nH]1. The summed E-state index contributed by atoms with van der Waals surface area (Å²) >= 11 is 0. The zero-order chi connectivity index (χ0) is 15.0. The number of allylic oxidation sites excluding steroid dienone is 1. The summed E-state index contributed by atoms with van der Waals surface area (Å²) in [5, 5.41) is 18.8. The Morgan fingerprint density at radius 2 is 2.33 bits per heavy atom. The smallest absolute Gasteiger partial charge is 0.205 e. The molecule has 1 aliphatic rings. The van der Waals surface area contributed by atoms with E-state index in [2.05, 4.69) is 9.97 Å². The number of carbonyl (C=O) groups is 1. The lowest BCUT2D eigenvalue weighted by Gasteiger charge is -2.24. The standard InChI is InChI=1S/C14H10N4O3/c15-4-9-12(13(20)10-5-17-6-18-10)8-2-1-7(19)3-11(8)21-14(9)16/h1-3,5-6,12,19H,16H2,(H,17,18). The molecule has 0 fully saturated rings. The van der Waals surface area contributed by atoms with Crippen LogP contribution in [0.5, 0.6) is 11.5 Å². The van der Waals surface area contributed by atoms with Crippen LogP contribution in [0.1, 0.15) is 22.0 Å². The third kappa shape index (κ3) is 1.99. The van der Waals surface area contributed by atoms with Crippen LogP contribution < -0.4 is 10.5 Å². The van der Waals surface area contributed by atoms with Crippen LogP contribution >= 0.6 is 0 Å². The van der Waals surface area contributed by atoms with E-state index in [0.717, 1.165) is 0 Å². The van der Waals surface area contributed by atoms with Gasteiger partial charge < -0.3 is 20.6 Å². The molecule has 0 saturated carbocycles. The van der Waals surface area contributed by atoms with E-state index >= 15 is 0 Å². The molecule has 2 aromatic rings. The van der Waals surface area contributed by atoms with Crippen molar-refractivity contribution >= 4 is 5.78 Å². The first-order chi connectivity index (χ1) is 10.1. The molecule has 0 radical (unpaired) electrons. The summed E-state index contributed by atoms with van der Waals surface area (Å²) in [5.41, 5.74) is 6.48. The van der Waals surface area contributed by atoms with Gasteiger partial charge in [0.2, 0.25) is 5.88 Å². The van der Waals surface area contributed by atoms with Crippen molar-refractivity contribution in [2.24, 2.45) is 5.73 Å². The highest BCUT2D eigenvalue weighted by atomic mass is 16.5. The van der Waals surface area contributed by atoms with Crippen molar-refractivity contribution in [3.05, 3.63) is 53.4 Å². The molecule has 4 N–H and O–H groups in total. The molecule has 3 rings (SSSR count). The number of nitrogens with zero attached hydrogens (tertiary/aromatic N) is 2. The van der Waals surface area contributed by atoms with Crippen molar-refractivity contribution in [2.75, 3.05) is 0 Å². The quantitative estimate of drug-likeness (QED) is 0.710. The van der Waals surface area contributed by atoms with Crippen LogP contribution in [0, 0.1) is 11.3 Å². The second kappa shape index (κ2) is 4.68. The lowest BCUT2D eigenvalue weighted by Crippen LogP contribution is -2.25. The third-order valence-electron chi connectivity index (χ3n) is 3.23. The summed E-state index contributed by atoms with van der Waals surface area (Å²) in [7, 11) is 0. The number of nitrogens with one attached hydrogen (secondary N) is 1. The van der Waals surface area contributed by atoms with Gasteiger partial charge in [0, 0.05) is 11.6 Å². The van der Waals surface area contributed by atoms with E-state index in [0.29, 0.717) is 5.56 Å². The van der Waals surface area contributed by atoms with Gasteiger partial charge in [-0.3, -0.25) is 4.79 Å². The first-order valence-electron chi connectivity index (χ1n) is 6.05. The summed E-state index contributed by atoms with van der Waals surface area (Å²) < 4.78 is 5.31. The van der Waals surface area contributed by atoms with E-state index in [1.807, 2.05) is 6.07 Å². The topological polar surface area (TPSA) is 125 Å². The molecule has 104 valence electrons. The van der Waals surface area contributed by atoms with Crippen LogP contribution in [-0.4, -0.2) is 20.9 Å².